The van der Waals surface area contributed by atoms with Crippen LogP contribution >= 0.6 is 0 Å². The highest BCUT2D eigenvalue weighted by atomic mass is 16.1. The molecule has 0 unspecified atom stereocenters. The third kappa shape index (κ3) is 3.12. The lowest BCUT2D eigenvalue weighted by atomic mass is 10.1. The van der Waals surface area contributed by atoms with Crippen molar-refractivity contribution in [2.75, 3.05) is 5.32 Å². The number of anilines is 1. The predicted octanol–water partition coefficient (Wildman–Crippen LogP) is 4.19. The lowest BCUT2D eigenvalue weighted by Crippen LogP contribution is -2.11. The Labute approximate surface area is 110 Å². The highest BCUT2D eigenvalue weighted by Gasteiger charge is 2.08. The van der Waals surface area contributed by atoms with Gasteiger partial charge in [-0.05, 0) is 36.7 Å². The quantitative estimate of drug-likeness (QED) is 0.496. The fourth-order valence-electron chi connectivity index (χ4n) is 1.66. The summed E-state index contributed by atoms with van der Waals surface area (Å²) in [5.41, 5.74) is 10.9. The second kappa shape index (κ2) is 5.71. The van der Waals surface area contributed by atoms with E-state index in [-0.39, 0.29) is 5.91 Å². The summed E-state index contributed by atoms with van der Waals surface area (Å²) < 4.78 is 0. The first-order chi connectivity index (χ1) is 9.20. The maximum absolute atomic E-state index is 12.0. The zero-order valence-corrected chi connectivity index (χ0v) is 10.4. The number of azide groups is 1. The van der Waals surface area contributed by atoms with Gasteiger partial charge >= 0.3 is 0 Å². The van der Waals surface area contributed by atoms with E-state index in [2.05, 4.69) is 15.3 Å². The van der Waals surface area contributed by atoms with Crippen molar-refractivity contribution >= 4 is 17.3 Å². The molecule has 1 N–H and O–H groups in total. The second-order valence-electron chi connectivity index (χ2n) is 4.03. The van der Waals surface area contributed by atoms with E-state index >= 15 is 0 Å². The van der Waals surface area contributed by atoms with Gasteiger partial charge in [0.1, 0.15) is 0 Å². The van der Waals surface area contributed by atoms with Gasteiger partial charge < -0.3 is 5.32 Å². The Kier molecular flexibility index (Phi) is 3.81. The summed E-state index contributed by atoms with van der Waals surface area (Å²) in [6.07, 6.45) is 0. The molecule has 0 spiro atoms. The highest BCUT2D eigenvalue weighted by molar-refractivity contribution is 6.05. The van der Waals surface area contributed by atoms with Gasteiger partial charge in [-0.3, -0.25) is 4.79 Å². The summed E-state index contributed by atoms with van der Waals surface area (Å²) >= 11 is 0. The van der Waals surface area contributed by atoms with Crippen molar-refractivity contribution in [3.8, 4) is 0 Å². The van der Waals surface area contributed by atoms with Crippen molar-refractivity contribution < 1.29 is 4.79 Å². The van der Waals surface area contributed by atoms with Gasteiger partial charge in [0.15, 0.2) is 0 Å². The van der Waals surface area contributed by atoms with Crippen LogP contribution in [0.2, 0.25) is 0 Å². The predicted molar refractivity (Wildman–Crippen MR) is 74.4 cm³/mol. The van der Waals surface area contributed by atoms with E-state index in [1.54, 1.807) is 36.4 Å². The van der Waals surface area contributed by atoms with E-state index < -0.39 is 0 Å². The Bertz CT molecular complexity index is 646. The van der Waals surface area contributed by atoms with Gasteiger partial charge in [0.05, 0.1) is 11.4 Å². The Morgan fingerprint density at radius 1 is 1.21 bits per heavy atom. The molecule has 2 aromatic rings. The number of benzene rings is 2. The maximum Gasteiger partial charge on any atom is 0.255 e. The summed E-state index contributed by atoms with van der Waals surface area (Å²) in [4.78, 5) is 14.8. The number of rotatable bonds is 3. The molecule has 5 heteroatoms. The van der Waals surface area contributed by atoms with E-state index in [0.717, 1.165) is 5.56 Å². The molecule has 0 saturated heterocycles. The van der Waals surface area contributed by atoms with Crippen molar-refractivity contribution in [1.29, 1.82) is 0 Å². The largest absolute Gasteiger partial charge is 0.322 e. The number of hydrogen-bond acceptors (Lipinski definition) is 2. The lowest BCUT2D eigenvalue weighted by molar-refractivity contribution is 0.102. The molecule has 0 aliphatic rings. The van der Waals surface area contributed by atoms with E-state index in [9.17, 15) is 4.79 Å². The minimum Gasteiger partial charge on any atom is -0.322 e. The summed E-state index contributed by atoms with van der Waals surface area (Å²) in [5.74, 6) is -0.237. The number of hydrogen-bond donors (Lipinski definition) is 1. The average Bonchev–Trinajstić information content (AvgIpc) is 2.43. The first-order valence-corrected chi connectivity index (χ1v) is 5.73. The molecule has 0 saturated carbocycles. The van der Waals surface area contributed by atoms with E-state index in [0.29, 0.717) is 16.9 Å². The van der Waals surface area contributed by atoms with Crippen LogP contribution in [0.3, 0.4) is 0 Å². The van der Waals surface area contributed by atoms with Crippen LogP contribution in [0.5, 0.6) is 0 Å². The van der Waals surface area contributed by atoms with Gasteiger partial charge in [0, 0.05) is 10.5 Å². The molecular formula is C14H12N4O. The highest BCUT2D eigenvalue weighted by Crippen LogP contribution is 2.26. The number of carbonyl (C=O) groups excluding carboxylic acids is 1. The van der Waals surface area contributed by atoms with Crippen LogP contribution in [0.25, 0.3) is 10.4 Å². The number of nitrogens with zero attached hydrogens (tertiary/aromatic N) is 3. The molecule has 0 fully saturated rings. The Hall–Kier alpha value is -2.78. The molecule has 0 aliphatic carbocycles. The van der Waals surface area contributed by atoms with Crippen LogP contribution in [-0.4, -0.2) is 5.91 Å². The number of nitrogens with one attached hydrogen (secondary N) is 1. The second-order valence-corrected chi connectivity index (χ2v) is 4.03. The molecule has 2 rings (SSSR count). The Morgan fingerprint density at radius 3 is 2.63 bits per heavy atom. The number of carbonyl (C=O) groups is 1. The van der Waals surface area contributed by atoms with Crippen LogP contribution in [0.1, 0.15) is 15.9 Å². The monoisotopic (exact) mass is 252 g/mol. The summed E-state index contributed by atoms with van der Waals surface area (Å²) in [6, 6.07) is 14.1. The number of aryl methyl sites for hydroxylation is 1. The minimum absolute atomic E-state index is 0.237. The summed E-state index contributed by atoms with van der Waals surface area (Å²) in [7, 11) is 0. The zero-order chi connectivity index (χ0) is 13.7. The van der Waals surface area contributed by atoms with Crippen LogP contribution < -0.4 is 5.32 Å². The molecule has 0 aliphatic heterocycles. The maximum atomic E-state index is 12.0. The molecule has 0 bridgehead atoms. The molecule has 0 atom stereocenters. The first-order valence-electron chi connectivity index (χ1n) is 5.73. The molecule has 0 aromatic heterocycles. The van der Waals surface area contributed by atoms with Crippen molar-refractivity contribution in [3.63, 3.8) is 0 Å². The minimum atomic E-state index is -0.237. The zero-order valence-electron chi connectivity index (χ0n) is 10.4. The Balaban J connectivity index is 2.29. The van der Waals surface area contributed by atoms with Crippen LogP contribution in [0.4, 0.5) is 11.4 Å². The third-order valence-electron chi connectivity index (χ3n) is 2.59. The van der Waals surface area contributed by atoms with Gasteiger partial charge in [0.25, 0.3) is 5.91 Å². The van der Waals surface area contributed by atoms with Crippen molar-refractivity contribution in [3.05, 3.63) is 70.1 Å². The van der Waals surface area contributed by atoms with Gasteiger partial charge in [-0.25, -0.2) is 0 Å². The lowest BCUT2D eigenvalue weighted by Gasteiger charge is -2.08. The first kappa shape index (κ1) is 12.7. The fourth-order valence-corrected chi connectivity index (χ4v) is 1.66. The van der Waals surface area contributed by atoms with Gasteiger partial charge in [0.2, 0.25) is 0 Å². The molecule has 1 amide bonds. The molecule has 2 aromatic carbocycles. The van der Waals surface area contributed by atoms with Crippen molar-refractivity contribution in [2.24, 2.45) is 5.11 Å². The molecular weight excluding hydrogens is 240 g/mol. The normalized spacial score (nSPS) is 9.53. The van der Waals surface area contributed by atoms with Gasteiger partial charge in [-0.2, -0.15) is 0 Å². The van der Waals surface area contributed by atoms with Crippen LogP contribution in [-0.2, 0) is 0 Å². The molecule has 19 heavy (non-hydrogen) atoms. The van der Waals surface area contributed by atoms with Crippen LogP contribution in [0, 0.1) is 6.92 Å². The Morgan fingerprint density at radius 2 is 1.95 bits per heavy atom. The van der Waals surface area contributed by atoms with Crippen molar-refractivity contribution in [2.45, 2.75) is 6.92 Å². The molecule has 5 nitrogen and oxygen atoms in total. The standard InChI is InChI=1S/C14H12N4O/c1-10-7-8-12(13(9-10)17-18-15)16-14(19)11-5-3-2-4-6-11/h2-9H,1H3,(H,16,19). The molecule has 94 valence electrons. The van der Waals surface area contributed by atoms with Gasteiger partial charge in [-0.15, -0.1) is 0 Å². The molecule has 0 radical (unpaired) electrons. The molecule has 0 heterocycles. The number of amides is 1. The van der Waals surface area contributed by atoms with Gasteiger partial charge in [-0.1, -0.05) is 34.9 Å². The third-order valence-corrected chi connectivity index (χ3v) is 2.59. The fraction of sp³-hybridized carbons (Fsp3) is 0.0714. The smallest absolute Gasteiger partial charge is 0.255 e. The van der Waals surface area contributed by atoms with E-state index in [4.69, 9.17) is 5.53 Å². The SMILES string of the molecule is Cc1ccc(NC(=O)c2ccccc2)c(N=[N+]=[N-])c1. The van der Waals surface area contributed by atoms with Crippen molar-refractivity contribution in [1.82, 2.24) is 0 Å². The van der Waals surface area contributed by atoms with E-state index in [1.165, 1.54) is 0 Å². The van der Waals surface area contributed by atoms with Crippen LogP contribution in [0.15, 0.2) is 53.6 Å². The summed E-state index contributed by atoms with van der Waals surface area (Å²) in [6.45, 7) is 1.89. The summed E-state index contributed by atoms with van der Waals surface area (Å²) in [5, 5.41) is 6.32. The average molecular weight is 252 g/mol. The topological polar surface area (TPSA) is 77.9 Å². The van der Waals surface area contributed by atoms with E-state index in [1.807, 2.05) is 19.1 Å².